The Morgan fingerprint density at radius 2 is 1.87 bits per heavy atom. The Balaban J connectivity index is 2.53. The molecule has 4 N–H and O–H groups in total. The molecular weight excluding hydrogens is 414 g/mol. The summed E-state index contributed by atoms with van der Waals surface area (Å²) in [5.74, 6) is 1.13. The molecule has 0 unspecified atom stereocenters. The van der Waals surface area contributed by atoms with Crippen molar-refractivity contribution in [2.24, 2.45) is 21.1 Å². The van der Waals surface area contributed by atoms with Crippen molar-refractivity contribution in [3.63, 3.8) is 0 Å². The highest BCUT2D eigenvalue weighted by atomic mass is 32.1. The molecule has 0 fully saturated rings. The number of aryl methyl sites for hydroxylation is 2. The maximum Gasteiger partial charge on any atom is 0.257 e. The van der Waals surface area contributed by atoms with Crippen LogP contribution < -0.4 is 10.5 Å². The summed E-state index contributed by atoms with van der Waals surface area (Å²) in [7, 11) is 3.23. The number of phenols is 1. The molecule has 31 heavy (non-hydrogen) atoms. The van der Waals surface area contributed by atoms with Gasteiger partial charge in [0.15, 0.2) is 17.4 Å². The fraction of sp³-hybridized carbons (Fsp3) is 0.409. The average molecular weight is 446 g/mol. The molecule has 168 valence electrons. The van der Waals surface area contributed by atoms with Crippen LogP contribution in [0.4, 0.5) is 5.69 Å². The van der Waals surface area contributed by atoms with E-state index in [0.29, 0.717) is 11.3 Å². The molecule has 2 aromatic rings. The number of benzene rings is 1. The molecule has 0 saturated heterocycles. The van der Waals surface area contributed by atoms with Gasteiger partial charge in [-0.25, -0.2) is 4.99 Å². The Kier molecular flexibility index (Phi) is 7.43. The van der Waals surface area contributed by atoms with E-state index in [1.54, 1.807) is 33.2 Å². The quantitative estimate of drug-likeness (QED) is 0.323. The molecule has 0 spiro atoms. The van der Waals surface area contributed by atoms with Gasteiger partial charge in [0.25, 0.3) is 5.91 Å². The second-order valence-corrected chi connectivity index (χ2v) is 8.85. The zero-order valence-electron chi connectivity index (χ0n) is 19.0. The van der Waals surface area contributed by atoms with Crippen LogP contribution in [0.2, 0.25) is 0 Å². The van der Waals surface area contributed by atoms with Crippen molar-refractivity contribution in [3.05, 3.63) is 46.9 Å². The average Bonchev–Trinajstić information content (AvgIpc) is 3.09. The van der Waals surface area contributed by atoms with E-state index < -0.39 is 0 Å². The molecule has 0 bridgehead atoms. The molecule has 0 aliphatic heterocycles. The largest absolute Gasteiger partial charge is 0.505 e. The van der Waals surface area contributed by atoms with Crippen molar-refractivity contribution < 1.29 is 14.3 Å². The lowest BCUT2D eigenvalue weighted by Crippen LogP contribution is -2.33. The molecule has 1 aromatic carbocycles. The van der Waals surface area contributed by atoms with Crippen LogP contribution in [0, 0.1) is 19.3 Å². The molecule has 1 amide bonds. The normalized spacial score (nSPS) is 13.8. The number of aliphatic imine (C=N–C) groups is 2. The maximum atomic E-state index is 12.5. The number of nitrogens with two attached hydrogens (primary N) is 1. The van der Waals surface area contributed by atoms with Gasteiger partial charge in [-0.3, -0.25) is 9.79 Å². The fourth-order valence-electron chi connectivity index (χ4n) is 3.01. The number of nitrogens with zero attached hydrogens (tertiary/aromatic N) is 3. The lowest BCUT2D eigenvalue weighted by molar-refractivity contribution is 0.0824. The van der Waals surface area contributed by atoms with Crippen molar-refractivity contribution in [2.45, 2.75) is 40.7 Å². The molecule has 0 aliphatic carbocycles. The van der Waals surface area contributed by atoms with Gasteiger partial charge in [-0.15, -0.1) is 0 Å². The summed E-state index contributed by atoms with van der Waals surface area (Å²) >= 11 is 4.14. The minimum Gasteiger partial charge on any atom is -0.505 e. The first-order chi connectivity index (χ1) is 14.4. The van der Waals surface area contributed by atoms with Gasteiger partial charge in [0.1, 0.15) is 23.2 Å². The number of carbonyl (C=O) groups is 1. The summed E-state index contributed by atoms with van der Waals surface area (Å²) in [5, 5.41) is 10.7. The van der Waals surface area contributed by atoms with Gasteiger partial charge < -0.3 is 24.9 Å². The fourth-order valence-corrected chi connectivity index (χ4v) is 3.19. The number of hydrogen-bond donors (Lipinski definition) is 4. The van der Waals surface area contributed by atoms with Gasteiger partial charge >= 0.3 is 0 Å². The number of aromatic hydroxyl groups is 1. The smallest absolute Gasteiger partial charge is 0.257 e. The Hall–Kier alpha value is -2.94. The van der Waals surface area contributed by atoms with E-state index in [9.17, 15) is 9.90 Å². The van der Waals surface area contributed by atoms with E-state index in [1.165, 1.54) is 4.90 Å². The molecule has 1 atom stereocenters. The number of nitrogens with one attached hydrogen (secondary N) is 1. The highest BCUT2D eigenvalue weighted by molar-refractivity contribution is 7.78. The lowest BCUT2D eigenvalue weighted by Gasteiger charge is -2.26. The SMILES string of the molecule is Cc1ccc([C@H](N=C(NS)C(N)=Nc2ccc(C)c(C(=O)N(C)C)c2O)C(C)(C)C)o1. The molecule has 0 radical (unpaired) electrons. The second kappa shape index (κ2) is 9.47. The topological polar surface area (TPSA) is 116 Å². The third-order valence-electron chi connectivity index (χ3n) is 4.68. The monoisotopic (exact) mass is 445 g/mol. The number of phenolic OH excluding ortho intramolecular Hbond substituents is 1. The Morgan fingerprint density at radius 1 is 1.23 bits per heavy atom. The summed E-state index contributed by atoms with van der Waals surface area (Å²) in [5.41, 5.74) is 6.89. The van der Waals surface area contributed by atoms with Crippen molar-refractivity contribution >= 4 is 36.1 Å². The first-order valence-electron chi connectivity index (χ1n) is 9.79. The van der Waals surface area contributed by atoms with Crippen molar-refractivity contribution in [1.82, 2.24) is 9.62 Å². The van der Waals surface area contributed by atoms with Crippen LogP contribution in [0.5, 0.6) is 5.75 Å². The number of rotatable bonds is 4. The zero-order valence-corrected chi connectivity index (χ0v) is 19.9. The Bertz CT molecular complexity index is 1020. The molecule has 1 heterocycles. The first kappa shape index (κ1) is 24.3. The Labute approximate surface area is 188 Å². The molecule has 2 rings (SSSR count). The van der Waals surface area contributed by atoms with Gasteiger partial charge in [-0.1, -0.05) is 39.7 Å². The van der Waals surface area contributed by atoms with Crippen molar-refractivity contribution in [2.75, 3.05) is 14.1 Å². The zero-order chi connectivity index (χ0) is 23.5. The standard InChI is InChI=1S/C22H31N5O3S/c1-12-8-10-14(17(28)16(12)21(29)27(6)7)24-19(23)20(26-31)25-18(22(3,4)5)15-11-9-13(2)30-15/h8-11,18,28,31H,1-7H3,(H2,23,24)(H,25,26)/t18-/m0/s1. The van der Waals surface area contributed by atoms with Crippen LogP contribution >= 0.6 is 12.8 Å². The molecular formula is C22H31N5O3S. The minimum atomic E-state index is -0.359. The van der Waals surface area contributed by atoms with E-state index in [1.807, 2.05) is 39.8 Å². The molecule has 8 nitrogen and oxygen atoms in total. The molecule has 0 aliphatic rings. The highest BCUT2D eigenvalue weighted by Crippen LogP contribution is 2.37. The highest BCUT2D eigenvalue weighted by Gasteiger charge is 2.29. The number of amides is 1. The van der Waals surface area contributed by atoms with Gasteiger partial charge in [0, 0.05) is 14.1 Å². The summed E-state index contributed by atoms with van der Waals surface area (Å²) in [6, 6.07) is 6.70. The van der Waals surface area contributed by atoms with Crippen LogP contribution in [-0.2, 0) is 0 Å². The van der Waals surface area contributed by atoms with Crippen LogP contribution in [0.25, 0.3) is 0 Å². The second-order valence-electron chi connectivity index (χ2n) is 8.63. The predicted molar refractivity (Wildman–Crippen MR) is 127 cm³/mol. The summed E-state index contributed by atoms with van der Waals surface area (Å²) in [4.78, 5) is 22.9. The van der Waals surface area contributed by atoms with Gasteiger partial charge in [0.2, 0.25) is 0 Å². The Morgan fingerprint density at radius 3 is 2.35 bits per heavy atom. The number of thiol groups is 1. The number of hydrogen-bond acceptors (Lipinski definition) is 6. The number of carbonyl (C=O) groups excluding carboxylic acids is 1. The summed E-state index contributed by atoms with van der Waals surface area (Å²) < 4.78 is 8.47. The third kappa shape index (κ3) is 5.61. The first-order valence-corrected chi connectivity index (χ1v) is 10.2. The van der Waals surface area contributed by atoms with Crippen LogP contribution in [0.1, 0.15) is 54.3 Å². The molecule has 1 aromatic heterocycles. The van der Waals surface area contributed by atoms with Crippen LogP contribution in [-0.4, -0.2) is 41.7 Å². The van der Waals surface area contributed by atoms with E-state index >= 15 is 0 Å². The summed E-state index contributed by atoms with van der Waals surface area (Å²) in [6.07, 6.45) is 0. The predicted octanol–water partition coefficient (Wildman–Crippen LogP) is 3.91. The van der Waals surface area contributed by atoms with Crippen molar-refractivity contribution in [1.29, 1.82) is 0 Å². The van der Waals surface area contributed by atoms with Crippen LogP contribution in [0.3, 0.4) is 0 Å². The lowest BCUT2D eigenvalue weighted by atomic mass is 9.85. The molecule has 9 heteroatoms. The van der Waals surface area contributed by atoms with E-state index in [2.05, 4.69) is 22.5 Å². The van der Waals surface area contributed by atoms with E-state index in [0.717, 1.165) is 5.76 Å². The number of amidine groups is 2. The third-order valence-corrected chi connectivity index (χ3v) is 4.90. The van der Waals surface area contributed by atoms with Gasteiger partial charge in [0.05, 0.1) is 5.56 Å². The maximum absolute atomic E-state index is 12.5. The van der Waals surface area contributed by atoms with Crippen LogP contribution in [0.15, 0.2) is 38.7 Å². The number of furan rings is 1. The van der Waals surface area contributed by atoms with Gasteiger partial charge in [-0.2, -0.15) is 0 Å². The van der Waals surface area contributed by atoms with E-state index in [-0.39, 0.29) is 46.0 Å². The minimum absolute atomic E-state index is 0.00920. The molecule has 0 saturated carbocycles. The van der Waals surface area contributed by atoms with E-state index in [4.69, 9.17) is 15.1 Å². The van der Waals surface area contributed by atoms with Gasteiger partial charge in [-0.05, 0) is 43.0 Å². The summed E-state index contributed by atoms with van der Waals surface area (Å²) in [6.45, 7) is 9.72. The van der Waals surface area contributed by atoms with Crippen molar-refractivity contribution in [3.8, 4) is 5.75 Å².